The van der Waals surface area contributed by atoms with E-state index in [9.17, 15) is 5.11 Å². The molecule has 0 aliphatic carbocycles. The molecular formula is C17H21NO2S. The van der Waals surface area contributed by atoms with Crippen molar-refractivity contribution in [1.82, 2.24) is 4.90 Å². The summed E-state index contributed by atoms with van der Waals surface area (Å²) in [6, 6.07) is 5.97. The SMILES string of the molecule is Cc1ccsc1[C@@H]1CCN(CC=Cc2ccco2)C[C@H]1O. The smallest absolute Gasteiger partial charge is 0.126 e. The number of hydrogen-bond donors (Lipinski definition) is 1. The molecule has 3 nitrogen and oxygen atoms in total. The summed E-state index contributed by atoms with van der Waals surface area (Å²) in [7, 11) is 0. The maximum absolute atomic E-state index is 10.4. The van der Waals surface area contributed by atoms with E-state index >= 15 is 0 Å². The normalized spacial score (nSPS) is 23.9. The maximum Gasteiger partial charge on any atom is 0.126 e. The molecule has 21 heavy (non-hydrogen) atoms. The first kappa shape index (κ1) is 14.6. The van der Waals surface area contributed by atoms with Crippen LogP contribution in [0.1, 0.15) is 28.5 Å². The second-order valence-electron chi connectivity index (χ2n) is 5.61. The van der Waals surface area contributed by atoms with Crippen molar-refractivity contribution in [1.29, 1.82) is 0 Å². The zero-order chi connectivity index (χ0) is 14.7. The number of nitrogens with zero attached hydrogens (tertiary/aromatic N) is 1. The minimum absolute atomic E-state index is 0.270. The van der Waals surface area contributed by atoms with Crippen molar-refractivity contribution >= 4 is 17.4 Å². The number of aryl methyl sites for hydroxylation is 1. The van der Waals surface area contributed by atoms with Gasteiger partial charge in [-0.25, -0.2) is 0 Å². The lowest BCUT2D eigenvalue weighted by Gasteiger charge is -2.35. The first-order chi connectivity index (χ1) is 10.2. The summed E-state index contributed by atoms with van der Waals surface area (Å²) >= 11 is 1.77. The molecule has 0 aromatic carbocycles. The third kappa shape index (κ3) is 3.46. The van der Waals surface area contributed by atoms with E-state index in [-0.39, 0.29) is 6.10 Å². The lowest BCUT2D eigenvalue weighted by molar-refractivity contribution is 0.0579. The average Bonchev–Trinajstić information content (AvgIpc) is 3.11. The molecule has 1 aliphatic heterocycles. The van der Waals surface area contributed by atoms with Crippen LogP contribution in [0, 0.1) is 6.92 Å². The van der Waals surface area contributed by atoms with E-state index in [2.05, 4.69) is 29.3 Å². The molecule has 3 heterocycles. The molecule has 2 atom stereocenters. The van der Waals surface area contributed by atoms with E-state index in [1.165, 1.54) is 10.4 Å². The quantitative estimate of drug-likeness (QED) is 0.939. The van der Waals surface area contributed by atoms with Crippen molar-refractivity contribution in [2.45, 2.75) is 25.4 Å². The van der Waals surface area contributed by atoms with E-state index in [0.29, 0.717) is 5.92 Å². The van der Waals surface area contributed by atoms with Gasteiger partial charge in [0.15, 0.2) is 0 Å². The molecule has 0 radical (unpaired) electrons. The van der Waals surface area contributed by atoms with Crippen molar-refractivity contribution in [3.05, 3.63) is 52.1 Å². The number of thiophene rings is 1. The molecule has 3 rings (SSSR count). The molecule has 0 bridgehead atoms. The molecule has 0 saturated carbocycles. The van der Waals surface area contributed by atoms with Crippen LogP contribution in [0.3, 0.4) is 0 Å². The zero-order valence-corrected chi connectivity index (χ0v) is 13.1. The molecule has 0 unspecified atom stereocenters. The molecule has 1 aliphatic rings. The molecule has 0 amide bonds. The van der Waals surface area contributed by atoms with E-state index < -0.39 is 0 Å². The monoisotopic (exact) mass is 303 g/mol. The summed E-state index contributed by atoms with van der Waals surface area (Å²) in [6.45, 7) is 4.76. The number of piperidine rings is 1. The molecule has 2 aromatic heterocycles. The van der Waals surface area contributed by atoms with Crippen LogP contribution in [0.2, 0.25) is 0 Å². The van der Waals surface area contributed by atoms with Gasteiger partial charge in [0, 0.05) is 23.9 Å². The molecule has 4 heteroatoms. The number of rotatable bonds is 4. The number of aliphatic hydroxyl groups is 1. The minimum Gasteiger partial charge on any atom is -0.465 e. The van der Waals surface area contributed by atoms with Gasteiger partial charge in [0.2, 0.25) is 0 Å². The number of aliphatic hydroxyl groups excluding tert-OH is 1. The highest BCUT2D eigenvalue weighted by Gasteiger charge is 2.29. The van der Waals surface area contributed by atoms with Crippen LogP contribution in [0.25, 0.3) is 6.08 Å². The first-order valence-corrected chi connectivity index (χ1v) is 8.26. The van der Waals surface area contributed by atoms with E-state index in [4.69, 9.17) is 4.42 Å². The van der Waals surface area contributed by atoms with Gasteiger partial charge in [-0.05, 0) is 55.1 Å². The summed E-state index contributed by atoms with van der Waals surface area (Å²) in [5.74, 6) is 1.18. The van der Waals surface area contributed by atoms with Gasteiger partial charge in [-0.1, -0.05) is 6.08 Å². The maximum atomic E-state index is 10.4. The van der Waals surface area contributed by atoms with Crippen molar-refractivity contribution < 1.29 is 9.52 Å². The van der Waals surface area contributed by atoms with Gasteiger partial charge in [-0.15, -0.1) is 11.3 Å². The highest BCUT2D eigenvalue weighted by molar-refractivity contribution is 7.10. The Hall–Kier alpha value is -1.36. The molecule has 112 valence electrons. The Labute approximate surface area is 129 Å². The standard InChI is InChI=1S/C17H21NO2S/c1-13-7-11-21-17(13)15-6-9-18(12-16(15)19)8-2-4-14-5-3-10-20-14/h2-5,7,10-11,15-16,19H,6,8-9,12H2,1H3/t15-,16-/m1/s1. The van der Waals surface area contributed by atoms with Crippen LogP contribution in [-0.2, 0) is 0 Å². The second-order valence-corrected chi connectivity index (χ2v) is 6.56. The predicted molar refractivity (Wildman–Crippen MR) is 86.6 cm³/mol. The van der Waals surface area contributed by atoms with Gasteiger partial charge < -0.3 is 9.52 Å². The fourth-order valence-electron chi connectivity index (χ4n) is 2.94. The van der Waals surface area contributed by atoms with Crippen LogP contribution in [0.5, 0.6) is 0 Å². The van der Waals surface area contributed by atoms with Gasteiger partial charge in [-0.2, -0.15) is 0 Å². The third-order valence-electron chi connectivity index (χ3n) is 4.09. The second kappa shape index (κ2) is 6.60. The van der Waals surface area contributed by atoms with E-state index in [1.807, 2.05) is 18.2 Å². The largest absolute Gasteiger partial charge is 0.465 e. The van der Waals surface area contributed by atoms with Crippen molar-refractivity contribution in [3.8, 4) is 0 Å². The number of likely N-dealkylation sites (tertiary alicyclic amines) is 1. The van der Waals surface area contributed by atoms with E-state index in [0.717, 1.165) is 31.8 Å². The van der Waals surface area contributed by atoms with Crippen LogP contribution >= 0.6 is 11.3 Å². The number of furan rings is 1. The van der Waals surface area contributed by atoms with Crippen LogP contribution in [0.4, 0.5) is 0 Å². The molecule has 2 aromatic rings. The zero-order valence-electron chi connectivity index (χ0n) is 12.2. The summed E-state index contributed by atoms with van der Waals surface area (Å²) in [5, 5.41) is 12.6. The highest BCUT2D eigenvalue weighted by atomic mass is 32.1. The Balaban J connectivity index is 1.55. The van der Waals surface area contributed by atoms with Crippen molar-refractivity contribution in [3.63, 3.8) is 0 Å². The van der Waals surface area contributed by atoms with Gasteiger partial charge in [0.05, 0.1) is 12.4 Å². The van der Waals surface area contributed by atoms with Gasteiger partial charge >= 0.3 is 0 Å². The van der Waals surface area contributed by atoms with Gasteiger partial charge in [0.25, 0.3) is 0 Å². The predicted octanol–water partition coefficient (Wildman–Crippen LogP) is 3.51. The van der Waals surface area contributed by atoms with Crippen molar-refractivity contribution in [2.75, 3.05) is 19.6 Å². The topological polar surface area (TPSA) is 36.6 Å². The first-order valence-electron chi connectivity index (χ1n) is 7.38. The average molecular weight is 303 g/mol. The summed E-state index contributed by atoms with van der Waals surface area (Å²) in [4.78, 5) is 3.65. The molecule has 1 N–H and O–H groups in total. The van der Waals surface area contributed by atoms with Crippen LogP contribution < -0.4 is 0 Å². The molecule has 1 fully saturated rings. The lowest BCUT2D eigenvalue weighted by Crippen LogP contribution is -2.42. The van der Waals surface area contributed by atoms with E-state index in [1.54, 1.807) is 17.6 Å². The van der Waals surface area contributed by atoms with Crippen LogP contribution in [0.15, 0.2) is 40.3 Å². The number of β-amino-alcohol motifs (C(OH)–C–C–N with tert-alkyl or cyclic N) is 1. The Morgan fingerprint density at radius 2 is 2.38 bits per heavy atom. The lowest BCUT2D eigenvalue weighted by atomic mass is 9.91. The third-order valence-corrected chi connectivity index (χ3v) is 5.24. The molecule has 1 saturated heterocycles. The Morgan fingerprint density at radius 3 is 3.05 bits per heavy atom. The molecule has 0 spiro atoms. The van der Waals surface area contributed by atoms with Gasteiger partial charge in [0.1, 0.15) is 5.76 Å². The minimum atomic E-state index is -0.270. The van der Waals surface area contributed by atoms with Crippen molar-refractivity contribution in [2.24, 2.45) is 0 Å². The van der Waals surface area contributed by atoms with Gasteiger partial charge in [-0.3, -0.25) is 4.90 Å². The fourth-order valence-corrected chi connectivity index (χ4v) is 4.06. The number of hydrogen-bond acceptors (Lipinski definition) is 4. The Kier molecular flexibility index (Phi) is 4.58. The van der Waals surface area contributed by atoms with Crippen LogP contribution in [-0.4, -0.2) is 35.7 Å². The highest BCUT2D eigenvalue weighted by Crippen LogP contribution is 2.33. The molecular weight excluding hydrogens is 282 g/mol. The Morgan fingerprint density at radius 1 is 1.48 bits per heavy atom. The Bertz CT molecular complexity index is 588. The summed E-state index contributed by atoms with van der Waals surface area (Å²) in [5.41, 5.74) is 1.32. The summed E-state index contributed by atoms with van der Waals surface area (Å²) in [6.07, 6.45) is 6.52. The fraction of sp³-hybridized carbons (Fsp3) is 0.412. The summed E-state index contributed by atoms with van der Waals surface area (Å²) < 4.78 is 5.27.